The van der Waals surface area contributed by atoms with Crippen LogP contribution in [0, 0.1) is 11.8 Å². The molecular weight excluding hydrogens is 248 g/mol. The zero-order valence-electron chi connectivity index (χ0n) is 12.9. The highest BCUT2D eigenvalue weighted by molar-refractivity contribution is 5.41. The van der Waals surface area contributed by atoms with Crippen molar-refractivity contribution in [3.63, 3.8) is 0 Å². The molecule has 20 heavy (non-hydrogen) atoms. The number of hydrogen-bond donors (Lipinski definition) is 2. The summed E-state index contributed by atoms with van der Waals surface area (Å²) in [6.45, 7) is 6.47. The van der Waals surface area contributed by atoms with Crippen LogP contribution in [0.4, 0.5) is 11.6 Å². The first-order chi connectivity index (χ1) is 9.78. The molecule has 0 unspecified atom stereocenters. The molecule has 0 aromatic carbocycles. The average molecular weight is 276 g/mol. The molecule has 112 valence electrons. The molecule has 2 N–H and O–H groups in total. The summed E-state index contributed by atoms with van der Waals surface area (Å²) in [5.41, 5.74) is 0. The number of nitrogens with one attached hydrogen (secondary N) is 2. The maximum atomic E-state index is 4.52. The van der Waals surface area contributed by atoms with E-state index in [-0.39, 0.29) is 0 Å². The molecule has 0 atom stereocenters. The molecule has 1 aliphatic rings. The van der Waals surface area contributed by atoms with Crippen molar-refractivity contribution >= 4 is 11.6 Å². The fourth-order valence-corrected chi connectivity index (χ4v) is 2.81. The smallest absolute Gasteiger partial charge is 0.146 e. The van der Waals surface area contributed by atoms with Gasteiger partial charge in [-0.3, -0.25) is 4.98 Å². The zero-order chi connectivity index (χ0) is 14.2. The highest BCUT2D eigenvalue weighted by Crippen LogP contribution is 2.30. The van der Waals surface area contributed by atoms with Crippen molar-refractivity contribution in [3.05, 3.63) is 12.4 Å². The fourth-order valence-electron chi connectivity index (χ4n) is 2.81. The third kappa shape index (κ3) is 4.99. The second-order valence-electron chi connectivity index (χ2n) is 6.06. The van der Waals surface area contributed by atoms with Gasteiger partial charge in [-0.15, -0.1) is 0 Å². The lowest BCUT2D eigenvalue weighted by atomic mass is 9.81. The van der Waals surface area contributed by atoms with Gasteiger partial charge in [0.2, 0.25) is 0 Å². The first-order valence-corrected chi connectivity index (χ1v) is 8.07. The lowest BCUT2D eigenvalue weighted by Gasteiger charge is -2.26. The van der Waals surface area contributed by atoms with Gasteiger partial charge in [0, 0.05) is 13.1 Å². The molecule has 1 heterocycles. The van der Waals surface area contributed by atoms with Crippen LogP contribution in [0.1, 0.15) is 52.4 Å². The molecule has 0 radical (unpaired) electrons. The summed E-state index contributed by atoms with van der Waals surface area (Å²) in [6, 6.07) is 0. The quantitative estimate of drug-likeness (QED) is 0.792. The van der Waals surface area contributed by atoms with Crippen LogP contribution in [0.15, 0.2) is 12.4 Å². The van der Waals surface area contributed by atoms with Gasteiger partial charge >= 0.3 is 0 Å². The van der Waals surface area contributed by atoms with Crippen molar-refractivity contribution in [1.29, 1.82) is 0 Å². The van der Waals surface area contributed by atoms with Gasteiger partial charge < -0.3 is 10.6 Å². The van der Waals surface area contributed by atoms with E-state index in [0.29, 0.717) is 0 Å². The number of anilines is 2. The van der Waals surface area contributed by atoms with Crippen LogP contribution in [0.3, 0.4) is 0 Å². The Hall–Kier alpha value is -1.32. The van der Waals surface area contributed by atoms with Crippen LogP contribution >= 0.6 is 0 Å². The summed E-state index contributed by atoms with van der Waals surface area (Å²) in [5, 5.41) is 6.67. The van der Waals surface area contributed by atoms with E-state index in [0.717, 1.165) is 43.0 Å². The minimum absolute atomic E-state index is 0.864. The summed E-state index contributed by atoms with van der Waals surface area (Å²) >= 11 is 0. The van der Waals surface area contributed by atoms with Crippen molar-refractivity contribution < 1.29 is 0 Å². The Morgan fingerprint density at radius 1 is 1.05 bits per heavy atom. The van der Waals surface area contributed by atoms with Crippen LogP contribution in [0.2, 0.25) is 0 Å². The Morgan fingerprint density at radius 3 is 2.35 bits per heavy atom. The van der Waals surface area contributed by atoms with Crippen LogP contribution in [-0.2, 0) is 0 Å². The first-order valence-electron chi connectivity index (χ1n) is 8.07. The Kier molecular flexibility index (Phi) is 6.09. The molecular formula is C16H28N4. The molecule has 1 aromatic heterocycles. The summed E-state index contributed by atoms with van der Waals surface area (Å²) < 4.78 is 0. The van der Waals surface area contributed by atoms with E-state index in [1.807, 2.05) is 0 Å². The topological polar surface area (TPSA) is 49.8 Å². The van der Waals surface area contributed by atoms with Crippen molar-refractivity contribution in [2.24, 2.45) is 11.8 Å². The third-order valence-corrected chi connectivity index (χ3v) is 4.18. The first kappa shape index (κ1) is 15.1. The Bertz CT molecular complexity index is 386. The van der Waals surface area contributed by atoms with Crippen molar-refractivity contribution in [2.45, 2.75) is 52.4 Å². The number of hydrogen-bond acceptors (Lipinski definition) is 4. The van der Waals surface area contributed by atoms with E-state index in [9.17, 15) is 0 Å². The maximum absolute atomic E-state index is 4.52. The van der Waals surface area contributed by atoms with Gasteiger partial charge in [-0.1, -0.05) is 39.5 Å². The molecule has 0 spiro atoms. The van der Waals surface area contributed by atoms with E-state index < -0.39 is 0 Å². The van der Waals surface area contributed by atoms with Crippen LogP contribution in [0.25, 0.3) is 0 Å². The average Bonchev–Trinajstić information content (AvgIpc) is 2.48. The SMILES string of the molecule is CCCNc1cncc(NCCC2CCC(C)CC2)n1. The summed E-state index contributed by atoms with van der Waals surface area (Å²) in [4.78, 5) is 8.75. The molecule has 1 aliphatic carbocycles. The molecule has 1 fully saturated rings. The fraction of sp³-hybridized carbons (Fsp3) is 0.750. The molecule has 2 rings (SSSR count). The second kappa shape index (κ2) is 8.08. The number of nitrogens with zero attached hydrogens (tertiary/aromatic N) is 2. The molecule has 0 aliphatic heterocycles. The monoisotopic (exact) mass is 276 g/mol. The maximum Gasteiger partial charge on any atom is 0.146 e. The summed E-state index contributed by atoms with van der Waals surface area (Å²) in [6.07, 6.45) is 11.5. The highest BCUT2D eigenvalue weighted by atomic mass is 15.1. The van der Waals surface area contributed by atoms with Crippen LogP contribution < -0.4 is 10.6 Å². The minimum atomic E-state index is 0.864. The highest BCUT2D eigenvalue weighted by Gasteiger charge is 2.17. The molecule has 4 heteroatoms. The van der Waals surface area contributed by atoms with Gasteiger partial charge in [0.05, 0.1) is 12.4 Å². The molecule has 1 saturated carbocycles. The molecule has 0 bridgehead atoms. The standard InChI is InChI=1S/C16H28N4/c1-3-9-18-15-11-17-12-16(20-15)19-10-8-14-6-4-13(2)5-7-14/h11-14H,3-10H2,1-2H3,(H2,18,19,20). The summed E-state index contributed by atoms with van der Waals surface area (Å²) in [5.74, 6) is 3.58. The van der Waals surface area contributed by atoms with E-state index >= 15 is 0 Å². The molecule has 4 nitrogen and oxygen atoms in total. The van der Waals surface area contributed by atoms with Crippen molar-refractivity contribution in [2.75, 3.05) is 23.7 Å². The Morgan fingerprint density at radius 2 is 1.70 bits per heavy atom. The van der Waals surface area contributed by atoms with Gasteiger partial charge in [-0.2, -0.15) is 0 Å². The van der Waals surface area contributed by atoms with Gasteiger partial charge in [0.15, 0.2) is 0 Å². The predicted octanol–water partition coefficient (Wildman–Crippen LogP) is 3.93. The lowest BCUT2D eigenvalue weighted by molar-refractivity contribution is 0.282. The zero-order valence-corrected chi connectivity index (χ0v) is 12.9. The van der Waals surface area contributed by atoms with E-state index in [4.69, 9.17) is 0 Å². The van der Waals surface area contributed by atoms with Gasteiger partial charge in [0.25, 0.3) is 0 Å². The van der Waals surface area contributed by atoms with Crippen LogP contribution in [-0.4, -0.2) is 23.1 Å². The van der Waals surface area contributed by atoms with Crippen molar-refractivity contribution in [1.82, 2.24) is 9.97 Å². The van der Waals surface area contributed by atoms with Gasteiger partial charge in [0.1, 0.15) is 11.6 Å². The number of rotatable bonds is 7. The molecule has 0 amide bonds. The lowest BCUT2D eigenvalue weighted by Crippen LogP contribution is -2.16. The van der Waals surface area contributed by atoms with Gasteiger partial charge in [-0.05, 0) is 24.7 Å². The summed E-state index contributed by atoms with van der Waals surface area (Å²) in [7, 11) is 0. The largest absolute Gasteiger partial charge is 0.369 e. The third-order valence-electron chi connectivity index (χ3n) is 4.18. The molecule has 1 aromatic rings. The predicted molar refractivity (Wildman–Crippen MR) is 85.0 cm³/mol. The Balaban J connectivity index is 1.70. The van der Waals surface area contributed by atoms with E-state index in [1.54, 1.807) is 12.4 Å². The van der Waals surface area contributed by atoms with Crippen molar-refractivity contribution in [3.8, 4) is 0 Å². The van der Waals surface area contributed by atoms with E-state index in [1.165, 1.54) is 32.1 Å². The van der Waals surface area contributed by atoms with E-state index in [2.05, 4.69) is 34.4 Å². The number of aromatic nitrogens is 2. The minimum Gasteiger partial charge on any atom is -0.369 e. The molecule has 0 saturated heterocycles. The normalized spacial score (nSPS) is 22.5. The van der Waals surface area contributed by atoms with Gasteiger partial charge in [-0.25, -0.2) is 4.98 Å². The van der Waals surface area contributed by atoms with Crippen LogP contribution in [0.5, 0.6) is 0 Å². The second-order valence-corrected chi connectivity index (χ2v) is 6.06. The Labute approximate surface area is 122 Å².